The van der Waals surface area contributed by atoms with Crippen LogP contribution in [-0.4, -0.2) is 61.4 Å². The molecule has 0 radical (unpaired) electrons. The number of H-pyrrole nitrogens is 1. The number of hydrogen-bond acceptors (Lipinski definition) is 5. The fraction of sp³-hybridized carbons (Fsp3) is 0.522. The largest absolute Gasteiger partial charge is 0.493 e. The van der Waals surface area contributed by atoms with E-state index >= 15 is 0 Å². The van der Waals surface area contributed by atoms with Crippen molar-refractivity contribution in [2.75, 3.05) is 40.5 Å². The molecule has 3 heterocycles. The highest BCUT2D eigenvalue weighted by atomic mass is 16.5. The number of likely N-dealkylation sites (tertiary alicyclic amines) is 1. The van der Waals surface area contributed by atoms with Gasteiger partial charge in [-0.1, -0.05) is 0 Å². The van der Waals surface area contributed by atoms with Crippen LogP contribution in [0.2, 0.25) is 0 Å². The van der Waals surface area contributed by atoms with Gasteiger partial charge in [0, 0.05) is 48.1 Å². The van der Waals surface area contributed by atoms with E-state index in [9.17, 15) is 0 Å². The van der Waals surface area contributed by atoms with Crippen LogP contribution < -0.4 is 9.47 Å². The molecule has 2 aliphatic rings. The molecule has 0 amide bonds. The third kappa shape index (κ3) is 3.67. The average molecular weight is 396 g/mol. The van der Waals surface area contributed by atoms with E-state index in [1.807, 2.05) is 18.3 Å². The van der Waals surface area contributed by atoms with E-state index in [1.54, 1.807) is 14.2 Å². The molecular formula is C23H29N3O3. The maximum atomic E-state index is 6.17. The number of rotatable bonds is 8. The molecule has 3 aromatic rings. The van der Waals surface area contributed by atoms with Gasteiger partial charge in [-0.3, -0.25) is 4.98 Å². The summed E-state index contributed by atoms with van der Waals surface area (Å²) in [5.74, 6) is 2.09. The summed E-state index contributed by atoms with van der Waals surface area (Å²) >= 11 is 0. The van der Waals surface area contributed by atoms with Gasteiger partial charge in [0.05, 0.1) is 18.3 Å². The number of aromatic amines is 1. The van der Waals surface area contributed by atoms with Crippen molar-refractivity contribution in [3.63, 3.8) is 0 Å². The first-order valence-electron chi connectivity index (χ1n) is 10.6. The molecule has 1 aliphatic carbocycles. The summed E-state index contributed by atoms with van der Waals surface area (Å²) in [5, 5.41) is 2.37. The number of pyridine rings is 1. The molecule has 1 saturated heterocycles. The van der Waals surface area contributed by atoms with Crippen LogP contribution in [0.25, 0.3) is 21.8 Å². The van der Waals surface area contributed by atoms with Crippen molar-refractivity contribution in [2.24, 2.45) is 0 Å². The molecule has 2 fully saturated rings. The Bertz CT molecular complexity index is 1010. The molecule has 2 aromatic heterocycles. The van der Waals surface area contributed by atoms with E-state index in [4.69, 9.17) is 14.2 Å². The van der Waals surface area contributed by atoms with Crippen LogP contribution in [0.3, 0.4) is 0 Å². The van der Waals surface area contributed by atoms with Gasteiger partial charge in [-0.05, 0) is 50.9 Å². The van der Waals surface area contributed by atoms with Crippen molar-refractivity contribution in [2.45, 2.75) is 37.7 Å². The number of fused-ring (bicyclic) bond motifs is 3. The predicted octanol–water partition coefficient (Wildman–Crippen LogP) is 4.09. The standard InChI is InChI=1S/C23H29N3O3/c1-27-16(13-26-9-3-4-10-26)14-29-21-12-19-17(11-20(21)28-2)22-18(25-19)7-8-24-23(22)15-5-6-15/h7-8,11-12,15-16,25H,3-6,9-10,13-14H2,1-2H3. The minimum Gasteiger partial charge on any atom is -0.493 e. The molecule has 0 bridgehead atoms. The lowest BCUT2D eigenvalue weighted by Crippen LogP contribution is -2.35. The molecule has 6 nitrogen and oxygen atoms in total. The summed E-state index contributed by atoms with van der Waals surface area (Å²) in [6.45, 7) is 3.72. The average Bonchev–Trinajstić information content (AvgIpc) is 3.34. The minimum absolute atomic E-state index is 0.0434. The highest BCUT2D eigenvalue weighted by Gasteiger charge is 2.28. The van der Waals surface area contributed by atoms with Crippen molar-refractivity contribution >= 4 is 21.8 Å². The van der Waals surface area contributed by atoms with Crippen LogP contribution in [0.15, 0.2) is 24.4 Å². The Labute approximate surface area is 171 Å². The van der Waals surface area contributed by atoms with Gasteiger partial charge in [-0.2, -0.15) is 0 Å². The first-order chi connectivity index (χ1) is 14.3. The van der Waals surface area contributed by atoms with E-state index in [0.717, 1.165) is 47.6 Å². The van der Waals surface area contributed by atoms with Crippen LogP contribution in [-0.2, 0) is 4.74 Å². The molecule has 29 heavy (non-hydrogen) atoms. The number of aromatic nitrogens is 2. The molecule has 1 aliphatic heterocycles. The molecule has 0 spiro atoms. The van der Waals surface area contributed by atoms with Crippen molar-refractivity contribution in [1.29, 1.82) is 0 Å². The monoisotopic (exact) mass is 395 g/mol. The zero-order valence-electron chi connectivity index (χ0n) is 17.2. The number of ether oxygens (including phenoxy) is 3. The second kappa shape index (κ2) is 7.84. The lowest BCUT2D eigenvalue weighted by atomic mass is 10.1. The van der Waals surface area contributed by atoms with Crippen LogP contribution in [0.1, 0.15) is 37.3 Å². The van der Waals surface area contributed by atoms with E-state index < -0.39 is 0 Å². The number of nitrogens with zero attached hydrogens (tertiary/aromatic N) is 2. The van der Waals surface area contributed by atoms with Gasteiger partial charge in [-0.25, -0.2) is 0 Å². The Morgan fingerprint density at radius 1 is 1.14 bits per heavy atom. The topological polar surface area (TPSA) is 59.6 Å². The molecule has 1 N–H and O–H groups in total. The Morgan fingerprint density at radius 3 is 2.69 bits per heavy atom. The number of hydrogen-bond donors (Lipinski definition) is 1. The molecule has 5 rings (SSSR count). The van der Waals surface area contributed by atoms with Crippen molar-refractivity contribution < 1.29 is 14.2 Å². The van der Waals surface area contributed by atoms with Gasteiger partial charge in [0.2, 0.25) is 0 Å². The summed E-state index contributed by atoms with van der Waals surface area (Å²) in [6.07, 6.45) is 6.96. The lowest BCUT2D eigenvalue weighted by Gasteiger charge is -2.23. The highest BCUT2D eigenvalue weighted by molar-refractivity contribution is 6.09. The fourth-order valence-corrected chi connectivity index (χ4v) is 4.45. The Hall–Kier alpha value is -2.31. The van der Waals surface area contributed by atoms with Crippen LogP contribution >= 0.6 is 0 Å². The third-order valence-corrected chi connectivity index (χ3v) is 6.21. The summed E-state index contributed by atoms with van der Waals surface area (Å²) in [7, 11) is 3.45. The molecule has 6 heteroatoms. The molecular weight excluding hydrogens is 366 g/mol. The van der Waals surface area contributed by atoms with Crippen LogP contribution in [0.5, 0.6) is 11.5 Å². The number of benzene rings is 1. The quantitative estimate of drug-likeness (QED) is 0.622. The van der Waals surface area contributed by atoms with Crippen molar-refractivity contribution in [1.82, 2.24) is 14.9 Å². The second-order valence-corrected chi connectivity index (χ2v) is 8.24. The lowest BCUT2D eigenvalue weighted by molar-refractivity contribution is 0.0339. The zero-order chi connectivity index (χ0) is 19.8. The molecule has 1 unspecified atom stereocenters. The van der Waals surface area contributed by atoms with Crippen molar-refractivity contribution in [3.05, 3.63) is 30.1 Å². The van der Waals surface area contributed by atoms with Crippen LogP contribution in [0, 0.1) is 0 Å². The SMILES string of the molecule is COc1cc2c(cc1OCC(CN1CCCC1)OC)[nH]c1ccnc(C3CC3)c12. The highest BCUT2D eigenvalue weighted by Crippen LogP contribution is 2.45. The Kier molecular flexibility index (Phi) is 5.06. The van der Waals surface area contributed by atoms with Gasteiger partial charge in [-0.15, -0.1) is 0 Å². The summed E-state index contributed by atoms with van der Waals surface area (Å²) in [5.41, 5.74) is 3.38. The molecule has 1 saturated carbocycles. The van der Waals surface area contributed by atoms with Gasteiger partial charge < -0.3 is 24.1 Å². The molecule has 154 valence electrons. The van der Waals surface area contributed by atoms with E-state index in [0.29, 0.717) is 12.5 Å². The number of nitrogens with one attached hydrogen (secondary N) is 1. The first-order valence-corrected chi connectivity index (χ1v) is 10.6. The maximum Gasteiger partial charge on any atom is 0.163 e. The van der Waals surface area contributed by atoms with Gasteiger partial charge in [0.25, 0.3) is 0 Å². The Morgan fingerprint density at radius 2 is 1.97 bits per heavy atom. The van der Waals surface area contributed by atoms with Crippen LogP contribution in [0.4, 0.5) is 0 Å². The maximum absolute atomic E-state index is 6.17. The van der Waals surface area contributed by atoms with E-state index in [2.05, 4.69) is 20.9 Å². The Balaban J connectivity index is 1.43. The van der Waals surface area contributed by atoms with E-state index in [-0.39, 0.29) is 6.10 Å². The smallest absolute Gasteiger partial charge is 0.163 e. The first kappa shape index (κ1) is 18.7. The van der Waals surface area contributed by atoms with E-state index in [1.165, 1.54) is 36.8 Å². The second-order valence-electron chi connectivity index (χ2n) is 8.24. The predicted molar refractivity (Wildman–Crippen MR) is 114 cm³/mol. The molecule has 1 atom stereocenters. The normalized spacial score (nSPS) is 18.6. The molecule has 1 aromatic carbocycles. The van der Waals surface area contributed by atoms with Gasteiger partial charge >= 0.3 is 0 Å². The van der Waals surface area contributed by atoms with Crippen molar-refractivity contribution in [3.8, 4) is 11.5 Å². The minimum atomic E-state index is 0.0434. The van der Waals surface area contributed by atoms with Gasteiger partial charge in [0.15, 0.2) is 11.5 Å². The summed E-state index contributed by atoms with van der Waals surface area (Å²) in [4.78, 5) is 10.7. The summed E-state index contributed by atoms with van der Waals surface area (Å²) < 4.78 is 17.5. The van der Waals surface area contributed by atoms with Gasteiger partial charge in [0.1, 0.15) is 12.7 Å². The third-order valence-electron chi connectivity index (χ3n) is 6.21. The number of methoxy groups -OCH3 is 2. The summed E-state index contributed by atoms with van der Waals surface area (Å²) in [6, 6.07) is 6.18. The zero-order valence-corrected chi connectivity index (χ0v) is 17.2. The fourth-order valence-electron chi connectivity index (χ4n) is 4.45.